The summed E-state index contributed by atoms with van der Waals surface area (Å²) in [5.41, 5.74) is 8.83. The first-order valence-corrected chi connectivity index (χ1v) is 9.66. The zero-order chi connectivity index (χ0) is 16.9. The molecule has 1 aliphatic carbocycles. The predicted molar refractivity (Wildman–Crippen MR) is 100 cm³/mol. The van der Waals surface area contributed by atoms with Crippen LogP contribution < -0.4 is 5.73 Å². The molecule has 24 heavy (non-hydrogen) atoms. The van der Waals surface area contributed by atoms with E-state index in [1.165, 1.54) is 37.0 Å². The standard InChI is InChI=1S/C20H25NO2S/c1-2-23-20(22)18-17(15-11-7-4-8-12-15)16(24-19(18)21)13-14-9-5-3-6-10-14/h4,7-8,11-12,14H,2-3,5-6,9-10,13,21H2,1H3. The van der Waals surface area contributed by atoms with Gasteiger partial charge in [0.1, 0.15) is 10.6 Å². The number of benzene rings is 1. The lowest BCUT2D eigenvalue weighted by Gasteiger charge is -2.21. The molecule has 1 saturated carbocycles. The second kappa shape index (κ2) is 7.84. The highest BCUT2D eigenvalue weighted by atomic mass is 32.1. The number of hydrogen-bond acceptors (Lipinski definition) is 4. The quantitative estimate of drug-likeness (QED) is 0.750. The predicted octanol–water partition coefficient (Wildman–Crippen LogP) is 5.30. The molecule has 0 spiro atoms. The Hall–Kier alpha value is -1.81. The van der Waals surface area contributed by atoms with E-state index in [4.69, 9.17) is 10.5 Å². The van der Waals surface area contributed by atoms with E-state index in [0.717, 1.165) is 17.5 Å². The minimum absolute atomic E-state index is 0.306. The summed E-state index contributed by atoms with van der Waals surface area (Å²) >= 11 is 1.56. The van der Waals surface area contributed by atoms with Crippen molar-refractivity contribution < 1.29 is 9.53 Å². The maximum absolute atomic E-state index is 12.5. The number of carbonyl (C=O) groups excluding carboxylic acids is 1. The molecule has 0 bridgehead atoms. The molecular formula is C20H25NO2S. The molecule has 3 rings (SSSR count). The fraction of sp³-hybridized carbons (Fsp3) is 0.450. The van der Waals surface area contributed by atoms with Crippen molar-refractivity contribution in [2.24, 2.45) is 5.92 Å². The molecule has 1 aromatic heterocycles. The van der Waals surface area contributed by atoms with Crippen molar-refractivity contribution in [2.45, 2.75) is 45.4 Å². The fourth-order valence-electron chi connectivity index (χ4n) is 3.61. The molecule has 3 nitrogen and oxygen atoms in total. The molecule has 2 aromatic rings. The van der Waals surface area contributed by atoms with Gasteiger partial charge >= 0.3 is 5.97 Å². The molecule has 128 valence electrons. The Labute approximate surface area is 147 Å². The van der Waals surface area contributed by atoms with E-state index in [1.54, 1.807) is 11.3 Å². The number of thiophene rings is 1. The summed E-state index contributed by atoms with van der Waals surface area (Å²) in [6, 6.07) is 10.1. The number of nitrogens with two attached hydrogens (primary N) is 1. The molecule has 1 aliphatic rings. The van der Waals surface area contributed by atoms with Crippen LogP contribution in [0.1, 0.15) is 54.3 Å². The number of carbonyl (C=O) groups is 1. The van der Waals surface area contributed by atoms with Gasteiger partial charge in [0.15, 0.2) is 0 Å². The molecule has 1 heterocycles. The van der Waals surface area contributed by atoms with E-state index >= 15 is 0 Å². The Morgan fingerprint density at radius 2 is 1.92 bits per heavy atom. The van der Waals surface area contributed by atoms with Gasteiger partial charge in [0.2, 0.25) is 0 Å². The van der Waals surface area contributed by atoms with E-state index in [9.17, 15) is 4.79 Å². The first-order valence-electron chi connectivity index (χ1n) is 8.84. The lowest BCUT2D eigenvalue weighted by atomic mass is 9.85. The molecule has 0 amide bonds. The molecule has 1 fully saturated rings. The van der Waals surface area contributed by atoms with Crippen LogP contribution in [-0.4, -0.2) is 12.6 Å². The normalized spacial score (nSPS) is 15.4. The molecule has 0 radical (unpaired) electrons. The van der Waals surface area contributed by atoms with Crippen molar-refractivity contribution in [1.29, 1.82) is 0 Å². The summed E-state index contributed by atoms with van der Waals surface area (Å²) in [5, 5.41) is 0.582. The minimum Gasteiger partial charge on any atom is -0.462 e. The van der Waals surface area contributed by atoms with Gasteiger partial charge in [-0.15, -0.1) is 11.3 Å². The van der Waals surface area contributed by atoms with Crippen LogP contribution in [0.4, 0.5) is 5.00 Å². The van der Waals surface area contributed by atoms with Crippen molar-refractivity contribution >= 4 is 22.3 Å². The number of ether oxygens (including phenoxy) is 1. The molecule has 0 saturated heterocycles. The Balaban J connectivity index is 2.01. The van der Waals surface area contributed by atoms with Crippen molar-refractivity contribution in [3.63, 3.8) is 0 Å². The van der Waals surface area contributed by atoms with Gasteiger partial charge in [-0.1, -0.05) is 62.4 Å². The summed E-state index contributed by atoms with van der Waals surface area (Å²) in [6.07, 6.45) is 7.55. The average Bonchev–Trinajstić information content (AvgIpc) is 2.93. The van der Waals surface area contributed by atoms with Crippen LogP contribution in [0, 0.1) is 5.92 Å². The lowest BCUT2D eigenvalue weighted by Crippen LogP contribution is -2.10. The summed E-state index contributed by atoms with van der Waals surface area (Å²) in [4.78, 5) is 13.7. The van der Waals surface area contributed by atoms with E-state index < -0.39 is 0 Å². The number of anilines is 1. The number of rotatable bonds is 5. The first kappa shape index (κ1) is 17.0. The second-order valence-corrected chi connectivity index (χ2v) is 7.57. The number of esters is 1. The summed E-state index contributed by atoms with van der Waals surface area (Å²) < 4.78 is 5.26. The maximum atomic E-state index is 12.5. The Bertz CT molecular complexity index is 687. The fourth-order valence-corrected chi connectivity index (χ4v) is 4.80. The van der Waals surface area contributed by atoms with E-state index in [1.807, 2.05) is 25.1 Å². The Morgan fingerprint density at radius 1 is 1.21 bits per heavy atom. The van der Waals surface area contributed by atoms with Gasteiger partial charge in [-0.2, -0.15) is 0 Å². The van der Waals surface area contributed by atoms with E-state index in [2.05, 4.69) is 12.1 Å². The van der Waals surface area contributed by atoms with Crippen LogP contribution in [0.2, 0.25) is 0 Å². The lowest BCUT2D eigenvalue weighted by molar-refractivity contribution is 0.0529. The van der Waals surface area contributed by atoms with Crippen molar-refractivity contribution in [1.82, 2.24) is 0 Å². The minimum atomic E-state index is -0.306. The van der Waals surface area contributed by atoms with Crippen LogP contribution in [0.3, 0.4) is 0 Å². The number of hydrogen-bond donors (Lipinski definition) is 1. The third-order valence-corrected chi connectivity index (χ3v) is 5.79. The number of nitrogen functional groups attached to an aromatic ring is 1. The molecular weight excluding hydrogens is 318 g/mol. The van der Waals surface area contributed by atoms with Crippen LogP contribution in [0.15, 0.2) is 30.3 Å². The van der Waals surface area contributed by atoms with Crippen molar-refractivity contribution in [3.8, 4) is 11.1 Å². The zero-order valence-electron chi connectivity index (χ0n) is 14.2. The van der Waals surface area contributed by atoms with Gasteiger partial charge in [0.05, 0.1) is 6.61 Å². The molecule has 0 unspecified atom stereocenters. The van der Waals surface area contributed by atoms with Gasteiger partial charge in [0.25, 0.3) is 0 Å². The molecule has 1 aromatic carbocycles. The molecule has 2 N–H and O–H groups in total. The van der Waals surface area contributed by atoms with Crippen LogP contribution >= 0.6 is 11.3 Å². The monoisotopic (exact) mass is 343 g/mol. The maximum Gasteiger partial charge on any atom is 0.341 e. The highest BCUT2D eigenvalue weighted by molar-refractivity contribution is 7.17. The third-order valence-electron chi connectivity index (χ3n) is 4.75. The SMILES string of the molecule is CCOC(=O)c1c(N)sc(CC2CCCCC2)c1-c1ccccc1. The topological polar surface area (TPSA) is 52.3 Å². The molecule has 0 aliphatic heterocycles. The first-order chi connectivity index (χ1) is 11.7. The van der Waals surface area contributed by atoms with Gasteiger partial charge in [-0.05, 0) is 24.8 Å². The summed E-state index contributed by atoms with van der Waals surface area (Å²) in [7, 11) is 0. The van der Waals surface area contributed by atoms with Crippen LogP contribution in [-0.2, 0) is 11.2 Å². The molecule has 0 atom stereocenters. The van der Waals surface area contributed by atoms with Crippen LogP contribution in [0.25, 0.3) is 11.1 Å². The summed E-state index contributed by atoms with van der Waals surface area (Å²) in [6.45, 7) is 2.19. The van der Waals surface area contributed by atoms with Gasteiger partial charge in [-0.25, -0.2) is 4.79 Å². The third kappa shape index (κ3) is 3.64. The van der Waals surface area contributed by atoms with E-state index in [-0.39, 0.29) is 5.97 Å². The Kier molecular flexibility index (Phi) is 5.56. The summed E-state index contributed by atoms with van der Waals surface area (Å²) in [5.74, 6) is 0.398. The van der Waals surface area contributed by atoms with Crippen molar-refractivity contribution in [2.75, 3.05) is 12.3 Å². The van der Waals surface area contributed by atoms with E-state index in [0.29, 0.717) is 23.1 Å². The largest absolute Gasteiger partial charge is 0.462 e. The van der Waals surface area contributed by atoms with Crippen LogP contribution in [0.5, 0.6) is 0 Å². The average molecular weight is 343 g/mol. The van der Waals surface area contributed by atoms with Gasteiger partial charge in [0, 0.05) is 10.4 Å². The van der Waals surface area contributed by atoms with Gasteiger partial charge in [-0.3, -0.25) is 0 Å². The molecule has 4 heteroatoms. The highest BCUT2D eigenvalue weighted by Crippen LogP contribution is 2.41. The second-order valence-electron chi connectivity index (χ2n) is 6.43. The van der Waals surface area contributed by atoms with Crippen molar-refractivity contribution in [3.05, 3.63) is 40.8 Å². The highest BCUT2D eigenvalue weighted by Gasteiger charge is 2.26. The smallest absolute Gasteiger partial charge is 0.341 e. The van der Waals surface area contributed by atoms with Gasteiger partial charge < -0.3 is 10.5 Å². The zero-order valence-corrected chi connectivity index (χ0v) is 15.0. The Morgan fingerprint density at radius 3 is 2.58 bits per heavy atom.